The Hall–Kier alpha value is -3.50. The van der Waals surface area contributed by atoms with E-state index in [4.69, 9.17) is 0 Å². The molecule has 4 rings (SSSR count). The lowest BCUT2D eigenvalue weighted by atomic mass is 9.95. The molecule has 0 fully saturated rings. The first-order valence-corrected chi connectivity index (χ1v) is 11.4. The van der Waals surface area contributed by atoms with Gasteiger partial charge >= 0.3 is 12.4 Å². The fourth-order valence-corrected chi connectivity index (χ4v) is 4.19. The molecular weight excluding hydrogens is 486 g/mol. The highest BCUT2D eigenvalue weighted by atomic mass is 19.4. The molecular formula is C25H24F6N4O. The second kappa shape index (κ2) is 9.87. The smallest absolute Gasteiger partial charge is 0.363 e. The van der Waals surface area contributed by atoms with Crippen LogP contribution >= 0.6 is 0 Å². The van der Waals surface area contributed by atoms with Gasteiger partial charge in [0.2, 0.25) is 5.91 Å². The predicted octanol–water partition coefficient (Wildman–Crippen LogP) is 5.98. The van der Waals surface area contributed by atoms with Crippen LogP contribution in [-0.4, -0.2) is 21.9 Å². The van der Waals surface area contributed by atoms with Crippen molar-refractivity contribution in [2.75, 3.05) is 5.32 Å². The molecule has 5 nitrogen and oxygen atoms in total. The summed E-state index contributed by atoms with van der Waals surface area (Å²) in [5, 5.41) is 9.62. The van der Waals surface area contributed by atoms with Crippen LogP contribution in [0.5, 0.6) is 0 Å². The number of benzene rings is 2. The summed E-state index contributed by atoms with van der Waals surface area (Å²) in [6.07, 6.45) is -7.44. The first kappa shape index (κ1) is 25.6. The Morgan fingerprint density at radius 1 is 1.03 bits per heavy atom. The van der Waals surface area contributed by atoms with Crippen molar-refractivity contribution in [2.24, 2.45) is 0 Å². The van der Waals surface area contributed by atoms with Crippen LogP contribution in [0.3, 0.4) is 0 Å². The van der Waals surface area contributed by atoms with Gasteiger partial charge in [0.25, 0.3) is 0 Å². The Morgan fingerprint density at radius 2 is 1.67 bits per heavy atom. The summed E-state index contributed by atoms with van der Waals surface area (Å²) in [5.41, 5.74) is 1.72. The Morgan fingerprint density at radius 3 is 2.25 bits per heavy atom. The first-order chi connectivity index (χ1) is 17.0. The Labute approximate surface area is 203 Å². The van der Waals surface area contributed by atoms with Gasteiger partial charge in [0.1, 0.15) is 5.82 Å². The van der Waals surface area contributed by atoms with Crippen molar-refractivity contribution in [3.05, 3.63) is 82.5 Å². The number of anilines is 1. The third-order valence-corrected chi connectivity index (χ3v) is 6.23. The van der Waals surface area contributed by atoms with Gasteiger partial charge in [0, 0.05) is 18.5 Å². The van der Waals surface area contributed by atoms with Crippen LogP contribution in [0.1, 0.15) is 53.2 Å². The number of nitrogens with one attached hydrogen (secondary N) is 2. The van der Waals surface area contributed by atoms with Crippen molar-refractivity contribution >= 4 is 11.7 Å². The fourth-order valence-electron chi connectivity index (χ4n) is 4.19. The molecule has 0 saturated carbocycles. The summed E-state index contributed by atoms with van der Waals surface area (Å²) in [5.74, 6) is -0.372. The molecule has 2 aromatic carbocycles. The van der Waals surface area contributed by atoms with Gasteiger partial charge in [-0.3, -0.25) is 4.79 Å². The van der Waals surface area contributed by atoms with Gasteiger partial charge in [-0.15, -0.1) is 0 Å². The standard InChI is InChI=1S/C25H24F6N4O/c1-2-15-3-7-17(8-4-15)20-12-21(25(29,30)31)35-23(34-20)18(14-33-35)11-22(36)32-13-16-5-9-19(10-6-16)24(26,27)28/h3-10,14,20-21,34H,2,11-13H2,1H3,(H,32,36)/t20-,21+/m1/s1. The predicted molar refractivity (Wildman–Crippen MR) is 121 cm³/mol. The quantitative estimate of drug-likeness (QED) is 0.401. The Bertz CT molecular complexity index is 1200. The number of carbonyl (C=O) groups is 1. The van der Waals surface area contributed by atoms with Gasteiger partial charge in [0.15, 0.2) is 6.04 Å². The summed E-state index contributed by atoms with van der Waals surface area (Å²) in [7, 11) is 0. The number of hydrogen-bond acceptors (Lipinski definition) is 3. The van der Waals surface area contributed by atoms with E-state index in [2.05, 4.69) is 15.7 Å². The molecule has 1 aliphatic heterocycles. The van der Waals surface area contributed by atoms with Gasteiger partial charge in [-0.2, -0.15) is 31.4 Å². The number of amides is 1. The van der Waals surface area contributed by atoms with Crippen LogP contribution in [0, 0.1) is 0 Å². The van der Waals surface area contributed by atoms with Crippen LogP contribution in [0.25, 0.3) is 0 Å². The van der Waals surface area contributed by atoms with E-state index in [1.54, 1.807) is 12.1 Å². The highest BCUT2D eigenvalue weighted by Crippen LogP contribution is 2.44. The SMILES string of the molecule is CCc1ccc([C@H]2C[C@@H](C(F)(F)F)n3ncc(CC(=O)NCc4ccc(C(F)(F)F)cc4)c3N2)cc1. The second-order valence-electron chi connectivity index (χ2n) is 8.70. The lowest BCUT2D eigenvalue weighted by Crippen LogP contribution is -2.36. The van der Waals surface area contributed by atoms with E-state index < -0.39 is 35.9 Å². The molecule has 3 aromatic rings. The zero-order valence-corrected chi connectivity index (χ0v) is 19.2. The van der Waals surface area contributed by atoms with Crippen molar-refractivity contribution in [2.45, 2.75) is 57.2 Å². The van der Waals surface area contributed by atoms with Gasteiger partial charge in [-0.1, -0.05) is 43.3 Å². The molecule has 192 valence electrons. The highest BCUT2D eigenvalue weighted by Gasteiger charge is 2.47. The number of aryl methyl sites for hydroxylation is 1. The molecule has 0 saturated heterocycles. The average molecular weight is 510 g/mol. The Kier molecular flexibility index (Phi) is 7.01. The number of fused-ring (bicyclic) bond motifs is 1. The first-order valence-electron chi connectivity index (χ1n) is 11.4. The molecule has 0 radical (unpaired) electrons. The molecule has 0 bridgehead atoms. The maximum absolute atomic E-state index is 13.9. The summed E-state index contributed by atoms with van der Waals surface area (Å²) in [6, 6.07) is 9.23. The number of hydrogen-bond donors (Lipinski definition) is 2. The van der Waals surface area contributed by atoms with Crippen molar-refractivity contribution in [3.8, 4) is 0 Å². The number of carbonyl (C=O) groups excluding carboxylic acids is 1. The number of alkyl halides is 6. The van der Waals surface area contributed by atoms with Gasteiger partial charge < -0.3 is 10.6 Å². The molecule has 0 unspecified atom stereocenters. The van der Waals surface area contributed by atoms with Crippen molar-refractivity contribution in [3.63, 3.8) is 0 Å². The second-order valence-corrected chi connectivity index (χ2v) is 8.70. The van der Waals surface area contributed by atoms with E-state index >= 15 is 0 Å². The molecule has 2 heterocycles. The van der Waals surface area contributed by atoms with E-state index in [1.807, 2.05) is 19.1 Å². The summed E-state index contributed by atoms with van der Waals surface area (Å²) in [6.45, 7) is 1.96. The Balaban J connectivity index is 1.48. The highest BCUT2D eigenvalue weighted by molar-refractivity contribution is 5.80. The zero-order chi connectivity index (χ0) is 26.1. The lowest BCUT2D eigenvalue weighted by molar-refractivity contribution is -0.173. The number of nitrogens with zero attached hydrogens (tertiary/aromatic N) is 2. The summed E-state index contributed by atoms with van der Waals surface area (Å²) < 4.78 is 80.6. The van der Waals surface area contributed by atoms with Crippen LogP contribution in [0.15, 0.2) is 54.7 Å². The number of aromatic nitrogens is 2. The monoisotopic (exact) mass is 510 g/mol. The molecule has 2 N–H and O–H groups in total. The molecule has 1 amide bonds. The largest absolute Gasteiger partial charge is 0.416 e. The average Bonchev–Trinajstić information content (AvgIpc) is 3.23. The molecule has 2 atom stereocenters. The lowest BCUT2D eigenvalue weighted by Gasteiger charge is -2.34. The van der Waals surface area contributed by atoms with Crippen LogP contribution < -0.4 is 10.6 Å². The minimum atomic E-state index is -4.54. The zero-order valence-electron chi connectivity index (χ0n) is 19.2. The van der Waals surface area contributed by atoms with Crippen LogP contribution in [0.2, 0.25) is 0 Å². The van der Waals surface area contributed by atoms with Crippen molar-refractivity contribution in [1.82, 2.24) is 15.1 Å². The third-order valence-electron chi connectivity index (χ3n) is 6.23. The topological polar surface area (TPSA) is 59.0 Å². The normalized spacial score (nSPS) is 17.9. The summed E-state index contributed by atoms with van der Waals surface area (Å²) >= 11 is 0. The van der Waals surface area contributed by atoms with Crippen molar-refractivity contribution < 1.29 is 31.1 Å². The molecule has 11 heteroatoms. The summed E-state index contributed by atoms with van der Waals surface area (Å²) in [4.78, 5) is 12.5. The molecule has 0 spiro atoms. The van der Waals surface area contributed by atoms with Crippen LogP contribution in [0.4, 0.5) is 32.2 Å². The fraction of sp³-hybridized carbons (Fsp3) is 0.360. The van der Waals surface area contributed by atoms with Gasteiger partial charge in [-0.25, -0.2) is 4.68 Å². The van der Waals surface area contributed by atoms with Gasteiger partial charge in [-0.05, 0) is 35.2 Å². The van der Waals surface area contributed by atoms with E-state index in [-0.39, 0.29) is 25.2 Å². The minimum Gasteiger partial charge on any atom is -0.363 e. The maximum Gasteiger partial charge on any atom is 0.416 e. The number of halogens is 6. The van der Waals surface area contributed by atoms with Crippen LogP contribution in [-0.2, 0) is 30.4 Å². The van der Waals surface area contributed by atoms with E-state index in [9.17, 15) is 31.1 Å². The van der Waals surface area contributed by atoms with E-state index in [1.165, 1.54) is 18.3 Å². The maximum atomic E-state index is 13.9. The third kappa shape index (κ3) is 5.66. The molecule has 36 heavy (non-hydrogen) atoms. The molecule has 0 aliphatic carbocycles. The van der Waals surface area contributed by atoms with E-state index in [0.29, 0.717) is 16.7 Å². The molecule has 1 aliphatic rings. The molecule has 1 aromatic heterocycles. The van der Waals surface area contributed by atoms with Gasteiger partial charge in [0.05, 0.1) is 24.2 Å². The van der Waals surface area contributed by atoms with E-state index in [0.717, 1.165) is 28.8 Å². The van der Waals surface area contributed by atoms with Crippen molar-refractivity contribution in [1.29, 1.82) is 0 Å². The minimum absolute atomic E-state index is 0.0224. The number of rotatable bonds is 6.